The largest absolute Gasteiger partial charge is 0.445 e. The molecule has 0 saturated heterocycles. The zero-order valence-corrected chi connectivity index (χ0v) is 22.7. The fourth-order valence-corrected chi connectivity index (χ4v) is 5.59. The van der Waals surface area contributed by atoms with Gasteiger partial charge in [0, 0.05) is 25.2 Å². The first-order chi connectivity index (χ1) is 18.6. The molecule has 0 spiro atoms. The molecule has 10 nitrogen and oxygen atoms in total. The van der Waals surface area contributed by atoms with Crippen LogP contribution in [-0.4, -0.2) is 54.1 Å². The Morgan fingerprint density at radius 3 is 2.05 bits per heavy atom. The zero-order valence-electron chi connectivity index (χ0n) is 21.8. The monoisotopic (exact) mass is 555 g/mol. The zero-order chi connectivity index (χ0) is 28.4. The third kappa shape index (κ3) is 8.88. The second kappa shape index (κ2) is 13.8. The van der Waals surface area contributed by atoms with E-state index in [9.17, 15) is 28.4 Å². The first-order valence-corrected chi connectivity index (χ1v) is 13.9. The van der Waals surface area contributed by atoms with E-state index in [1.54, 1.807) is 0 Å². The van der Waals surface area contributed by atoms with Crippen LogP contribution in [0.5, 0.6) is 0 Å². The minimum atomic E-state index is -4.11. The average Bonchev–Trinajstić information content (AvgIpc) is 2.92. The molecule has 3 aromatic carbocycles. The number of ether oxygens (including phenoxy) is 1. The van der Waals surface area contributed by atoms with Crippen LogP contribution >= 0.6 is 0 Å². The number of carbonyl (C=O) groups is 1. The van der Waals surface area contributed by atoms with Crippen LogP contribution in [0.25, 0.3) is 0 Å². The van der Waals surface area contributed by atoms with Crippen molar-refractivity contribution in [2.45, 2.75) is 43.9 Å². The fourth-order valence-electron chi connectivity index (χ4n) is 3.97. The summed E-state index contributed by atoms with van der Waals surface area (Å²) in [5, 5.41) is 24.9. The molecule has 0 aliphatic carbocycles. The molecule has 11 heteroatoms. The quantitative estimate of drug-likeness (QED) is 0.239. The number of sulfonamides is 1. The van der Waals surface area contributed by atoms with Gasteiger partial charge in [0.15, 0.2) is 0 Å². The van der Waals surface area contributed by atoms with Crippen LogP contribution in [0.3, 0.4) is 0 Å². The van der Waals surface area contributed by atoms with Crippen LogP contribution in [-0.2, 0) is 27.8 Å². The number of nitro benzene ring substituents is 1. The lowest BCUT2D eigenvalue weighted by atomic mass is 10.0. The Morgan fingerprint density at radius 2 is 1.51 bits per heavy atom. The number of rotatable bonds is 13. The van der Waals surface area contributed by atoms with Gasteiger partial charge in [-0.25, -0.2) is 13.2 Å². The molecule has 2 N–H and O–H groups in total. The smallest absolute Gasteiger partial charge is 0.407 e. The van der Waals surface area contributed by atoms with Crippen molar-refractivity contribution >= 4 is 21.8 Å². The lowest BCUT2D eigenvalue weighted by molar-refractivity contribution is -0.384. The SMILES string of the molecule is CC(C)CN(C[C@@H](O)[C@H](Cc1ccccc1)NC(=O)OCc1ccccc1)S(=O)(=O)c1ccc([N+](=O)[O-])cc1. The molecule has 0 aliphatic rings. The van der Waals surface area contributed by atoms with Gasteiger partial charge < -0.3 is 15.2 Å². The predicted molar refractivity (Wildman–Crippen MR) is 146 cm³/mol. The second-order valence-corrected chi connectivity index (χ2v) is 11.5. The maximum atomic E-state index is 13.5. The van der Waals surface area contributed by atoms with Gasteiger partial charge in [0.1, 0.15) is 6.61 Å². The first-order valence-electron chi connectivity index (χ1n) is 12.5. The van der Waals surface area contributed by atoms with Gasteiger partial charge in [-0.05, 0) is 35.6 Å². The third-order valence-corrected chi connectivity index (χ3v) is 7.77. The minimum Gasteiger partial charge on any atom is -0.445 e. The van der Waals surface area contributed by atoms with Gasteiger partial charge in [0.2, 0.25) is 10.0 Å². The molecule has 39 heavy (non-hydrogen) atoms. The molecule has 0 heterocycles. The number of benzene rings is 3. The molecule has 0 aliphatic heterocycles. The van der Waals surface area contributed by atoms with Crippen LogP contribution in [0.4, 0.5) is 10.5 Å². The molecule has 0 unspecified atom stereocenters. The Labute approximate surface area is 228 Å². The van der Waals surface area contributed by atoms with Gasteiger partial charge >= 0.3 is 6.09 Å². The summed E-state index contributed by atoms with van der Waals surface area (Å²) in [7, 11) is -4.11. The van der Waals surface area contributed by atoms with E-state index in [-0.39, 0.29) is 42.6 Å². The van der Waals surface area contributed by atoms with E-state index in [2.05, 4.69) is 5.32 Å². The predicted octanol–water partition coefficient (Wildman–Crippen LogP) is 4.14. The highest BCUT2D eigenvalue weighted by Gasteiger charge is 2.32. The van der Waals surface area contributed by atoms with Crippen molar-refractivity contribution in [2.24, 2.45) is 5.92 Å². The molecule has 1 amide bonds. The summed E-state index contributed by atoms with van der Waals surface area (Å²) in [6, 6.07) is 22.1. The highest BCUT2D eigenvalue weighted by Crippen LogP contribution is 2.22. The maximum Gasteiger partial charge on any atom is 0.407 e. The Kier molecular flexibility index (Phi) is 10.6. The number of hydrogen-bond donors (Lipinski definition) is 2. The van der Waals surface area contributed by atoms with Gasteiger partial charge in [-0.15, -0.1) is 0 Å². The van der Waals surface area contributed by atoms with Crippen LogP contribution in [0.1, 0.15) is 25.0 Å². The van der Waals surface area contributed by atoms with E-state index < -0.39 is 33.2 Å². The standard InChI is InChI=1S/C28H33N3O7S/c1-21(2)18-30(39(36,37)25-15-13-24(14-16-25)31(34)35)19-27(32)26(17-22-9-5-3-6-10-22)29-28(33)38-20-23-11-7-4-8-12-23/h3-16,21,26-27,32H,17-20H2,1-2H3,(H,29,33)/t26-,27+/m0/s1. The summed E-state index contributed by atoms with van der Waals surface area (Å²) < 4.78 is 33.4. The molecule has 0 radical (unpaired) electrons. The molecule has 208 valence electrons. The molecule has 0 aromatic heterocycles. The van der Waals surface area contributed by atoms with Gasteiger partial charge in [0.05, 0.1) is 22.0 Å². The number of non-ortho nitro benzene ring substituents is 1. The van der Waals surface area contributed by atoms with Crippen molar-refractivity contribution in [2.75, 3.05) is 13.1 Å². The van der Waals surface area contributed by atoms with Gasteiger partial charge in [-0.2, -0.15) is 4.31 Å². The van der Waals surface area contributed by atoms with E-state index in [1.165, 1.54) is 12.1 Å². The Hall–Kier alpha value is -3.80. The number of alkyl carbamates (subject to hydrolysis) is 1. The molecule has 0 fully saturated rings. The summed E-state index contributed by atoms with van der Waals surface area (Å²) in [5.41, 5.74) is 1.40. The van der Waals surface area contributed by atoms with Crippen molar-refractivity contribution in [3.05, 3.63) is 106 Å². The van der Waals surface area contributed by atoms with E-state index in [1.807, 2.05) is 74.5 Å². The number of hydrogen-bond acceptors (Lipinski definition) is 7. The van der Waals surface area contributed by atoms with Crippen LogP contribution < -0.4 is 5.32 Å². The van der Waals surface area contributed by atoms with Crippen LogP contribution in [0.15, 0.2) is 89.8 Å². The molecule has 0 bridgehead atoms. The number of carbonyl (C=O) groups excluding carboxylic acids is 1. The van der Waals surface area contributed by atoms with Crippen molar-refractivity contribution in [1.29, 1.82) is 0 Å². The van der Waals surface area contributed by atoms with E-state index in [0.717, 1.165) is 27.6 Å². The number of aliphatic hydroxyl groups excluding tert-OH is 1. The van der Waals surface area contributed by atoms with Crippen molar-refractivity contribution in [1.82, 2.24) is 9.62 Å². The number of amides is 1. The van der Waals surface area contributed by atoms with Crippen molar-refractivity contribution in [3.8, 4) is 0 Å². The molecular formula is C28H33N3O7S. The van der Waals surface area contributed by atoms with Crippen LogP contribution in [0.2, 0.25) is 0 Å². The second-order valence-electron chi connectivity index (χ2n) is 9.54. The lowest BCUT2D eigenvalue weighted by Crippen LogP contribution is -2.51. The molecule has 0 saturated carbocycles. The normalized spacial score (nSPS) is 13.2. The number of aliphatic hydroxyl groups is 1. The van der Waals surface area contributed by atoms with Gasteiger partial charge in [-0.1, -0.05) is 74.5 Å². The van der Waals surface area contributed by atoms with Gasteiger partial charge in [0.25, 0.3) is 5.69 Å². The minimum absolute atomic E-state index is 0.0365. The summed E-state index contributed by atoms with van der Waals surface area (Å²) in [4.78, 5) is 22.9. The number of nitrogens with one attached hydrogen (secondary N) is 1. The topological polar surface area (TPSA) is 139 Å². The Morgan fingerprint density at radius 1 is 0.949 bits per heavy atom. The first kappa shape index (κ1) is 29.8. The van der Waals surface area contributed by atoms with E-state index in [0.29, 0.717) is 0 Å². The summed E-state index contributed by atoms with van der Waals surface area (Å²) >= 11 is 0. The Bertz CT molecular complexity index is 1320. The maximum absolute atomic E-state index is 13.5. The van der Waals surface area contributed by atoms with Crippen molar-refractivity contribution < 1.29 is 28.0 Å². The molecular weight excluding hydrogens is 522 g/mol. The summed E-state index contributed by atoms with van der Waals surface area (Å²) in [6.45, 7) is 3.49. The lowest BCUT2D eigenvalue weighted by Gasteiger charge is -2.30. The third-order valence-electron chi connectivity index (χ3n) is 5.92. The van der Waals surface area contributed by atoms with E-state index >= 15 is 0 Å². The molecule has 3 aromatic rings. The highest BCUT2D eigenvalue weighted by molar-refractivity contribution is 7.89. The fraction of sp³-hybridized carbons (Fsp3) is 0.321. The van der Waals surface area contributed by atoms with Crippen LogP contribution in [0, 0.1) is 16.0 Å². The molecule has 2 atom stereocenters. The number of nitro groups is 1. The molecule has 3 rings (SSSR count). The summed E-state index contributed by atoms with van der Waals surface area (Å²) in [5.74, 6) is -0.0820. The average molecular weight is 556 g/mol. The highest BCUT2D eigenvalue weighted by atomic mass is 32.2. The van der Waals surface area contributed by atoms with Crippen molar-refractivity contribution in [3.63, 3.8) is 0 Å². The summed E-state index contributed by atoms with van der Waals surface area (Å²) in [6.07, 6.45) is -1.80. The van der Waals surface area contributed by atoms with Gasteiger partial charge in [-0.3, -0.25) is 10.1 Å². The van der Waals surface area contributed by atoms with E-state index in [4.69, 9.17) is 4.74 Å². The number of nitrogens with zero attached hydrogens (tertiary/aromatic N) is 2. The Balaban J connectivity index is 1.80.